The van der Waals surface area contributed by atoms with Crippen LogP contribution >= 0.6 is 12.6 Å². The van der Waals surface area contributed by atoms with Gasteiger partial charge in [0.1, 0.15) is 0 Å². The van der Waals surface area contributed by atoms with Crippen molar-refractivity contribution in [2.75, 3.05) is 12.3 Å². The number of carbonyl (C=O) groups excluding carboxylic acids is 1. The highest BCUT2D eigenvalue weighted by Gasteiger charge is 2.12. The summed E-state index contributed by atoms with van der Waals surface area (Å²) in [4.78, 5) is 17.2. The monoisotopic (exact) mass is 334 g/mol. The number of nitrogens with zero attached hydrogens (tertiary/aromatic N) is 2. The van der Waals surface area contributed by atoms with Crippen LogP contribution in [0.4, 0.5) is 4.79 Å². The van der Waals surface area contributed by atoms with Gasteiger partial charge < -0.3 is 4.90 Å². The van der Waals surface area contributed by atoms with Crippen molar-refractivity contribution in [3.63, 3.8) is 0 Å². The highest BCUT2D eigenvalue weighted by Crippen LogP contribution is 2.08. The minimum absolute atomic E-state index is 0.319. The number of hydrogen-bond acceptors (Lipinski definition) is 3. The van der Waals surface area contributed by atoms with Crippen LogP contribution in [-0.4, -0.2) is 31.6 Å². The summed E-state index contributed by atoms with van der Waals surface area (Å²) in [6.07, 6.45) is 3.40. The molecule has 4 nitrogen and oxygen atoms in total. The van der Waals surface area contributed by atoms with Gasteiger partial charge in [-0.2, -0.15) is 0 Å². The number of aromatic nitrogens is 1. The van der Waals surface area contributed by atoms with Crippen molar-refractivity contribution in [1.82, 2.24) is 9.88 Å². The predicted molar refractivity (Wildman–Crippen MR) is 92.2 cm³/mol. The fourth-order valence-corrected chi connectivity index (χ4v) is 3.30. The maximum Gasteiger partial charge on any atom is 0.278 e. The van der Waals surface area contributed by atoms with Gasteiger partial charge in [-0.05, 0) is 17.2 Å². The molecule has 0 aliphatic carbocycles. The summed E-state index contributed by atoms with van der Waals surface area (Å²) < 4.78 is 12.1. The van der Waals surface area contributed by atoms with E-state index in [2.05, 4.69) is 17.6 Å². The van der Waals surface area contributed by atoms with Gasteiger partial charge >= 0.3 is 0 Å². The number of rotatable bonds is 7. The molecular weight excluding hydrogens is 316 g/mol. The molecule has 0 aliphatic rings. The number of thiol groups is 1. The van der Waals surface area contributed by atoms with E-state index in [1.807, 2.05) is 42.5 Å². The van der Waals surface area contributed by atoms with Crippen LogP contribution < -0.4 is 0 Å². The normalized spacial score (nSPS) is 11.9. The second-order valence-corrected chi connectivity index (χ2v) is 6.80. The summed E-state index contributed by atoms with van der Waals surface area (Å²) in [6, 6.07) is 13.4. The summed E-state index contributed by atoms with van der Waals surface area (Å²) in [5, 5.41) is -0.319. The second-order valence-electron chi connectivity index (χ2n) is 4.84. The molecule has 116 valence electrons. The van der Waals surface area contributed by atoms with Crippen LogP contribution in [0.1, 0.15) is 11.1 Å². The molecule has 0 bridgehead atoms. The van der Waals surface area contributed by atoms with E-state index >= 15 is 0 Å². The Balaban J connectivity index is 1.86. The van der Waals surface area contributed by atoms with Gasteiger partial charge in [-0.3, -0.25) is 14.0 Å². The average molecular weight is 334 g/mol. The molecule has 1 unspecified atom stereocenters. The standard InChI is InChI=1S/C16H18N2O2S2/c19-16(21)18(12-15-7-4-8-17-11-15)9-10-22(20)13-14-5-2-1-3-6-14/h1-8,11H,9-10,12-13H2,(H,19,21). The molecule has 0 N–H and O–H groups in total. The zero-order chi connectivity index (χ0) is 15.8. The Hall–Kier alpha value is -1.66. The molecule has 1 heterocycles. The largest absolute Gasteiger partial charge is 0.329 e. The quantitative estimate of drug-likeness (QED) is 0.792. The number of hydrogen-bond donors (Lipinski definition) is 1. The van der Waals surface area contributed by atoms with Crippen LogP contribution in [0.25, 0.3) is 0 Å². The predicted octanol–water partition coefficient (Wildman–Crippen LogP) is 2.88. The number of benzene rings is 1. The lowest BCUT2D eigenvalue weighted by atomic mass is 10.2. The van der Waals surface area contributed by atoms with Crippen molar-refractivity contribution >= 4 is 28.7 Å². The molecule has 0 spiro atoms. The molecule has 22 heavy (non-hydrogen) atoms. The van der Waals surface area contributed by atoms with E-state index in [1.54, 1.807) is 17.3 Å². The maximum absolute atomic E-state index is 12.1. The van der Waals surface area contributed by atoms with Crippen molar-refractivity contribution in [2.45, 2.75) is 12.3 Å². The van der Waals surface area contributed by atoms with Crippen LogP contribution in [0.5, 0.6) is 0 Å². The van der Waals surface area contributed by atoms with Crippen molar-refractivity contribution in [1.29, 1.82) is 0 Å². The van der Waals surface area contributed by atoms with Gasteiger partial charge in [0.2, 0.25) is 0 Å². The molecular formula is C16H18N2O2S2. The molecule has 0 fully saturated rings. The zero-order valence-electron chi connectivity index (χ0n) is 12.1. The first-order valence-corrected chi connectivity index (χ1v) is 8.84. The van der Waals surface area contributed by atoms with Crippen molar-refractivity contribution < 1.29 is 9.00 Å². The summed E-state index contributed by atoms with van der Waals surface area (Å²) in [7, 11) is -1.01. The lowest BCUT2D eigenvalue weighted by Crippen LogP contribution is -2.30. The SMILES string of the molecule is O=C(S)N(CCS(=O)Cc1ccccc1)Cc1cccnc1. The number of pyridine rings is 1. The first-order chi connectivity index (χ1) is 10.6. The van der Waals surface area contributed by atoms with Crippen LogP contribution in [0.15, 0.2) is 54.9 Å². The molecule has 1 atom stereocenters. The molecule has 1 amide bonds. The zero-order valence-corrected chi connectivity index (χ0v) is 13.8. The molecule has 1 aromatic carbocycles. The lowest BCUT2D eigenvalue weighted by molar-refractivity contribution is 0.224. The Morgan fingerprint density at radius 2 is 1.86 bits per heavy atom. The Labute approximate surface area is 138 Å². The number of carbonyl (C=O) groups is 1. The highest BCUT2D eigenvalue weighted by atomic mass is 32.2. The van der Waals surface area contributed by atoms with Gasteiger partial charge in [0.05, 0.1) is 0 Å². The topological polar surface area (TPSA) is 50.3 Å². The fourth-order valence-electron chi connectivity index (χ4n) is 2.00. The molecule has 2 rings (SSSR count). The lowest BCUT2D eigenvalue weighted by Gasteiger charge is -2.20. The molecule has 0 saturated heterocycles. The Bertz CT molecular complexity index is 621. The van der Waals surface area contributed by atoms with E-state index in [-0.39, 0.29) is 5.24 Å². The van der Waals surface area contributed by atoms with Crippen LogP contribution in [-0.2, 0) is 23.1 Å². The Morgan fingerprint density at radius 1 is 1.14 bits per heavy atom. The van der Waals surface area contributed by atoms with E-state index in [0.717, 1.165) is 11.1 Å². The summed E-state index contributed by atoms with van der Waals surface area (Å²) in [5.41, 5.74) is 1.97. The summed E-state index contributed by atoms with van der Waals surface area (Å²) in [6.45, 7) is 0.843. The van der Waals surface area contributed by atoms with Gasteiger partial charge in [0, 0.05) is 47.8 Å². The first-order valence-electron chi connectivity index (χ1n) is 6.91. The van der Waals surface area contributed by atoms with Crippen molar-refractivity contribution in [2.24, 2.45) is 0 Å². The smallest absolute Gasteiger partial charge is 0.278 e. The van der Waals surface area contributed by atoms with Gasteiger partial charge in [-0.25, -0.2) is 0 Å². The molecule has 0 saturated carbocycles. The Morgan fingerprint density at radius 3 is 2.50 bits per heavy atom. The molecule has 2 aromatic rings. The van der Waals surface area contributed by atoms with E-state index in [4.69, 9.17) is 0 Å². The van der Waals surface area contributed by atoms with Crippen LogP contribution in [0.2, 0.25) is 0 Å². The van der Waals surface area contributed by atoms with Gasteiger partial charge in [-0.1, -0.05) is 49.0 Å². The second kappa shape index (κ2) is 8.70. The highest BCUT2D eigenvalue weighted by molar-refractivity contribution is 7.96. The van der Waals surface area contributed by atoms with E-state index in [0.29, 0.717) is 24.6 Å². The van der Waals surface area contributed by atoms with Crippen LogP contribution in [0, 0.1) is 0 Å². The van der Waals surface area contributed by atoms with Crippen molar-refractivity contribution in [3.8, 4) is 0 Å². The third-order valence-electron chi connectivity index (χ3n) is 3.13. The third-order valence-corrected chi connectivity index (χ3v) is 4.70. The average Bonchev–Trinajstić information content (AvgIpc) is 2.53. The summed E-state index contributed by atoms with van der Waals surface area (Å²) >= 11 is 3.89. The van der Waals surface area contributed by atoms with E-state index in [9.17, 15) is 9.00 Å². The van der Waals surface area contributed by atoms with Gasteiger partial charge in [0.25, 0.3) is 5.24 Å². The Kier molecular flexibility index (Phi) is 6.61. The first kappa shape index (κ1) is 16.7. The molecule has 0 radical (unpaired) electrons. The molecule has 1 aromatic heterocycles. The van der Waals surface area contributed by atoms with Crippen LogP contribution in [0.3, 0.4) is 0 Å². The summed E-state index contributed by atoms with van der Waals surface area (Å²) in [5.74, 6) is 0.934. The molecule has 6 heteroatoms. The fraction of sp³-hybridized carbons (Fsp3) is 0.250. The van der Waals surface area contributed by atoms with E-state index in [1.165, 1.54) is 0 Å². The van der Waals surface area contributed by atoms with Crippen molar-refractivity contribution in [3.05, 3.63) is 66.0 Å². The van der Waals surface area contributed by atoms with E-state index < -0.39 is 10.8 Å². The minimum Gasteiger partial charge on any atom is -0.329 e. The minimum atomic E-state index is -1.01. The van der Waals surface area contributed by atoms with Gasteiger partial charge in [0.15, 0.2) is 0 Å². The number of amides is 1. The van der Waals surface area contributed by atoms with Gasteiger partial charge in [-0.15, -0.1) is 0 Å². The maximum atomic E-state index is 12.1. The molecule has 0 aliphatic heterocycles. The third kappa shape index (κ3) is 5.61.